The van der Waals surface area contributed by atoms with E-state index in [-0.39, 0.29) is 13.2 Å². The van der Waals surface area contributed by atoms with Crippen molar-refractivity contribution >= 4 is 0 Å². The van der Waals surface area contributed by atoms with Crippen molar-refractivity contribution in [3.8, 4) is 0 Å². The minimum Gasteiger partial charge on any atom is -0.393 e. The Morgan fingerprint density at radius 1 is 1.18 bits per heavy atom. The van der Waals surface area contributed by atoms with Gasteiger partial charge in [-0.25, -0.2) is 0 Å². The summed E-state index contributed by atoms with van der Waals surface area (Å²) in [6.45, 7) is 3.04. The van der Waals surface area contributed by atoms with Gasteiger partial charge < -0.3 is 29.5 Å². The van der Waals surface area contributed by atoms with Crippen LogP contribution in [0.5, 0.6) is 0 Å². The molecule has 1 aliphatic heterocycles. The Labute approximate surface area is 101 Å². The zero-order valence-corrected chi connectivity index (χ0v) is 10.7. The Morgan fingerprint density at radius 2 is 1.76 bits per heavy atom. The Kier molecular flexibility index (Phi) is 4.51. The summed E-state index contributed by atoms with van der Waals surface area (Å²) >= 11 is 0. The van der Waals surface area contributed by atoms with Crippen molar-refractivity contribution in [3.63, 3.8) is 0 Å². The van der Waals surface area contributed by atoms with Crippen molar-refractivity contribution in [1.29, 1.82) is 0 Å². The van der Waals surface area contributed by atoms with Crippen molar-refractivity contribution in [2.45, 2.75) is 43.4 Å². The summed E-state index contributed by atoms with van der Waals surface area (Å²) in [5, 5.41) is 29.5. The van der Waals surface area contributed by atoms with Crippen LogP contribution in [-0.4, -0.2) is 72.3 Å². The van der Waals surface area contributed by atoms with E-state index in [9.17, 15) is 15.3 Å². The maximum Gasteiger partial charge on any atom is 0.118 e. The average molecular weight is 250 g/mol. The molecule has 5 atom stereocenters. The van der Waals surface area contributed by atoms with E-state index >= 15 is 0 Å². The topological polar surface area (TPSA) is 88.4 Å². The minimum absolute atomic E-state index is 0.108. The molecule has 1 heterocycles. The van der Waals surface area contributed by atoms with Crippen molar-refractivity contribution in [1.82, 2.24) is 0 Å². The third-order valence-corrected chi connectivity index (χ3v) is 3.33. The maximum atomic E-state index is 10.0. The molecule has 0 amide bonds. The van der Waals surface area contributed by atoms with E-state index in [1.165, 1.54) is 14.2 Å². The summed E-state index contributed by atoms with van der Waals surface area (Å²) in [5.41, 5.74) is -2.17. The van der Waals surface area contributed by atoms with Gasteiger partial charge in [0.15, 0.2) is 0 Å². The lowest BCUT2D eigenvalue weighted by Gasteiger charge is -2.52. The highest BCUT2D eigenvalue weighted by molar-refractivity contribution is 5.05. The van der Waals surface area contributed by atoms with Crippen LogP contribution in [0.25, 0.3) is 0 Å². The molecule has 0 aliphatic carbocycles. The van der Waals surface area contributed by atoms with Gasteiger partial charge in [-0.1, -0.05) is 0 Å². The molecule has 1 saturated heterocycles. The lowest BCUT2D eigenvalue weighted by molar-refractivity contribution is -0.318. The Morgan fingerprint density at radius 3 is 2.18 bits per heavy atom. The molecule has 3 unspecified atom stereocenters. The highest BCUT2D eigenvalue weighted by Crippen LogP contribution is 2.37. The normalized spacial score (nSPS) is 47.1. The summed E-state index contributed by atoms with van der Waals surface area (Å²) < 4.78 is 15.8. The van der Waals surface area contributed by atoms with Gasteiger partial charge in [-0.05, 0) is 13.8 Å². The van der Waals surface area contributed by atoms with Crippen molar-refractivity contribution in [2.24, 2.45) is 0 Å². The SMILES string of the molecule is COC[C@]1(C)OC(C)(CO)C(OC)[C@@H](O)C1O. The van der Waals surface area contributed by atoms with Crippen molar-refractivity contribution in [3.05, 3.63) is 0 Å². The number of hydrogen-bond donors (Lipinski definition) is 3. The van der Waals surface area contributed by atoms with Gasteiger partial charge in [-0.15, -0.1) is 0 Å². The second-order valence-corrected chi connectivity index (χ2v) is 4.91. The fraction of sp³-hybridized carbons (Fsp3) is 1.00. The molecule has 3 N–H and O–H groups in total. The quantitative estimate of drug-likeness (QED) is 0.587. The molecule has 0 radical (unpaired) electrons. The largest absolute Gasteiger partial charge is 0.393 e. The van der Waals surface area contributed by atoms with Gasteiger partial charge in [0, 0.05) is 14.2 Å². The van der Waals surface area contributed by atoms with Crippen LogP contribution in [0, 0.1) is 0 Å². The predicted octanol–water partition coefficient (Wildman–Crippen LogP) is -1.09. The van der Waals surface area contributed by atoms with E-state index in [1.54, 1.807) is 13.8 Å². The molecule has 0 saturated carbocycles. The highest BCUT2D eigenvalue weighted by atomic mass is 16.6. The van der Waals surface area contributed by atoms with Gasteiger partial charge in [0.1, 0.15) is 29.5 Å². The van der Waals surface area contributed by atoms with Gasteiger partial charge >= 0.3 is 0 Å². The first-order chi connectivity index (χ1) is 7.84. The van der Waals surface area contributed by atoms with E-state index in [2.05, 4.69) is 0 Å². The fourth-order valence-corrected chi connectivity index (χ4v) is 2.45. The first-order valence-electron chi connectivity index (χ1n) is 5.53. The fourth-order valence-electron chi connectivity index (χ4n) is 2.45. The van der Waals surface area contributed by atoms with Crippen LogP contribution in [0.15, 0.2) is 0 Å². The molecule has 0 aromatic rings. The maximum absolute atomic E-state index is 10.0. The molecule has 1 fully saturated rings. The molecule has 1 rings (SSSR count). The van der Waals surface area contributed by atoms with E-state index in [0.717, 1.165) is 0 Å². The Bertz CT molecular complexity index is 258. The zero-order valence-electron chi connectivity index (χ0n) is 10.7. The summed E-state index contributed by atoms with van der Waals surface area (Å²) in [4.78, 5) is 0. The standard InChI is InChI=1S/C11H22O6/c1-10(5-12)9(16-4)7(13)8(14)11(2,17-10)6-15-3/h7-9,12-14H,5-6H2,1-4H3/t7-,8?,9?,10?,11-/m0/s1. The van der Waals surface area contributed by atoms with E-state index < -0.39 is 29.5 Å². The number of aliphatic hydroxyl groups excluding tert-OH is 3. The smallest absolute Gasteiger partial charge is 0.118 e. The van der Waals surface area contributed by atoms with Crippen LogP contribution in [0.3, 0.4) is 0 Å². The van der Waals surface area contributed by atoms with E-state index in [0.29, 0.717) is 0 Å². The van der Waals surface area contributed by atoms with Crippen LogP contribution in [-0.2, 0) is 14.2 Å². The molecule has 6 nitrogen and oxygen atoms in total. The van der Waals surface area contributed by atoms with Gasteiger partial charge in [-0.3, -0.25) is 0 Å². The molecule has 0 aromatic heterocycles. The monoisotopic (exact) mass is 250 g/mol. The predicted molar refractivity (Wildman–Crippen MR) is 59.7 cm³/mol. The van der Waals surface area contributed by atoms with Crippen LogP contribution >= 0.6 is 0 Å². The van der Waals surface area contributed by atoms with Gasteiger partial charge in [0.05, 0.1) is 13.2 Å². The molecule has 0 spiro atoms. The zero-order chi connectivity index (χ0) is 13.3. The molecule has 1 aliphatic rings. The minimum atomic E-state index is -1.15. The molecule has 102 valence electrons. The van der Waals surface area contributed by atoms with Gasteiger partial charge in [0.2, 0.25) is 0 Å². The highest BCUT2D eigenvalue weighted by Gasteiger charge is 2.56. The number of ether oxygens (including phenoxy) is 3. The lowest BCUT2D eigenvalue weighted by atomic mass is 9.80. The van der Waals surface area contributed by atoms with Crippen LogP contribution in [0.2, 0.25) is 0 Å². The second-order valence-electron chi connectivity index (χ2n) is 4.91. The summed E-state index contributed by atoms with van der Waals surface area (Å²) in [7, 11) is 2.88. The molecule has 6 heteroatoms. The number of hydrogen-bond acceptors (Lipinski definition) is 6. The molecule has 0 bridgehead atoms. The van der Waals surface area contributed by atoms with Crippen LogP contribution in [0.1, 0.15) is 13.8 Å². The molecular weight excluding hydrogens is 228 g/mol. The van der Waals surface area contributed by atoms with Crippen LogP contribution < -0.4 is 0 Å². The molecule has 17 heavy (non-hydrogen) atoms. The van der Waals surface area contributed by atoms with Crippen molar-refractivity contribution < 1.29 is 29.5 Å². The average Bonchev–Trinajstić information content (AvgIpc) is 2.27. The molecular formula is C11H22O6. The first kappa shape index (κ1) is 14.8. The third-order valence-electron chi connectivity index (χ3n) is 3.33. The van der Waals surface area contributed by atoms with Crippen LogP contribution in [0.4, 0.5) is 0 Å². The molecule has 0 aromatic carbocycles. The Hall–Kier alpha value is -0.240. The van der Waals surface area contributed by atoms with Gasteiger partial charge in [0.25, 0.3) is 0 Å². The van der Waals surface area contributed by atoms with E-state index in [4.69, 9.17) is 14.2 Å². The lowest BCUT2D eigenvalue weighted by Crippen LogP contribution is -2.70. The summed E-state index contributed by atoms with van der Waals surface area (Å²) in [6.07, 6.45) is -3.09. The summed E-state index contributed by atoms with van der Waals surface area (Å²) in [5.74, 6) is 0. The van der Waals surface area contributed by atoms with Gasteiger partial charge in [-0.2, -0.15) is 0 Å². The first-order valence-corrected chi connectivity index (χ1v) is 5.53. The summed E-state index contributed by atoms with van der Waals surface area (Å²) in [6, 6.07) is 0. The second kappa shape index (κ2) is 5.17. The number of rotatable bonds is 4. The Balaban J connectivity index is 3.03. The number of methoxy groups -OCH3 is 2. The van der Waals surface area contributed by atoms with Crippen molar-refractivity contribution in [2.75, 3.05) is 27.4 Å². The number of aliphatic hydroxyl groups is 3. The third kappa shape index (κ3) is 2.47. The van der Waals surface area contributed by atoms with E-state index in [1.807, 2.05) is 0 Å².